The first-order valence-electron chi connectivity index (χ1n) is 8.12. The summed E-state index contributed by atoms with van der Waals surface area (Å²) in [6.45, 7) is 1.37. The third-order valence-corrected chi connectivity index (χ3v) is 6.67. The van der Waals surface area contributed by atoms with Gasteiger partial charge in [-0.05, 0) is 43.5 Å². The van der Waals surface area contributed by atoms with E-state index in [0.29, 0.717) is 42.6 Å². The van der Waals surface area contributed by atoms with Crippen molar-refractivity contribution in [1.82, 2.24) is 4.90 Å². The Bertz CT molecular complexity index is 616. The molecule has 24 heavy (non-hydrogen) atoms. The van der Waals surface area contributed by atoms with Gasteiger partial charge in [0.05, 0.1) is 10.6 Å². The minimum Gasteiger partial charge on any atom is -0.342 e. The quantitative estimate of drug-likeness (QED) is 0.739. The lowest BCUT2D eigenvalue weighted by atomic mass is 10.0. The molecule has 0 bridgehead atoms. The van der Waals surface area contributed by atoms with Crippen LogP contribution in [-0.2, 0) is 9.59 Å². The maximum Gasteiger partial charge on any atom is 0.238 e. The van der Waals surface area contributed by atoms with Crippen LogP contribution in [-0.4, -0.2) is 46.3 Å². The van der Waals surface area contributed by atoms with Crippen LogP contribution in [0.4, 0.5) is 5.69 Å². The zero-order valence-electron chi connectivity index (χ0n) is 13.3. The van der Waals surface area contributed by atoms with Crippen LogP contribution in [0.15, 0.2) is 24.3 Å². The number of anilines is 1. The summed E-state index contributed by atoms with van der Waals surface area (Å²) in [6.07, 6.45) is 2.80. The van der Waals surface area contributed by atoms with E-state index in [0.717, 1.165) is 18.5 Å². The normalized spacial score (nSPS) is 20.0. The molecule has 3 rings (SSSR count). The van der Waals surface area contributed by atoms with Gasteiger partial charge >= 0.3 is 0 Å². The van der Waals surface area contributed by atoms with Gasteiger partial charge in [-0.2, -0.15) is 0 Å². The number of halogens is 2. The minimum absolute atomic E-state index is 0.129. The monoisotopic (exact) mass is 386 g/mol. The first kappa shape index (κ1) is 17.9. The predicted molar refractivity (Wildman–Crippen MR) is 99.9 cm³/mol. The fraction of sp³-hybridized carbons (Fsp3) is 0.529. The average molecular weight is 387 g/mol. The van der Waals surface area contributed by atoms with Crippen molar-refractivity contribution in [3.05, 3.63) is 29.3 Å². The van der Waals surface area contributed by atoms with Gasteiger partial charge in [-0.15, -0.1) is 23.4 Å². The van der Waals surface area contributed by atoms with Crippen molar-refractivity contribution < 1.29 is 9.59 Å². The van der Waals surface area contributed by atoms with E-state index in [2.05, 4.69) is 0 Å². The maximum atomic E-state index is 12.5. The summed E-state index contributed by atoms with van der Waals surface area (Å²) >= 11 is 13.3. The van der Waals surface area contributed by atoms with Crippen LogP contribution in [0.5, 0.6) is 0 Å². The lowest BCUT2D eigenvalue weighted by Gasteiger charge is -2.44. The summed E-state index contributed by atoms with van der Waals surface area (Å²) in [7, 11) is 0. The molecule has 2 fully saturated rings. The summed E-state index contributed by atoms with van der Waals surface area (Å²) in [5, 5.41) is 0.659. The van der Waals surface area contributed by atoms with Gasteiger partial charge in [0.1, 0.15) is 0 Å². The van der Waals surface area contributed by atoms with Crippen LogP contribution < -0.4 is 4.90 Å². The third kappa shape index (κ3) is 3.53. The number of hydrogen-bond donors (Lipinski definition) is 0. The molecular weight excluding hydrogens is 367 g/mol. The fourth-order valence-electron chi connectivity index (χ4n) is 3.37. The van der Waals surface area contributed by atoms with Crippen LogP contribution in [0.3, 0.4) is 0 Å². The van der Waals surface area contributed by atoms with Crippen molar-refractivity contribution in [2.45, 2.75) is 30.6 Å². The summed E-state index contributed by atoms with van der Waals surface area (Å²) in [5.41, 5.74) is 0.885. The van der Waals surface area contributed by atoms with E-state index in [1.165, 1.54) is 0 Å². The highest BCUT2D eigenvalue weighted by Gasteiger charge is 2.48. The topological polar surface area (TPSA) is 40.6 Å². The van der Waals surface area contributed by atoms with Crippen molar-refractivity contribution in [1.29, 1.82) is 0 Å². The number of nitrogens with zero attached hydrogens (tertiary/aromatic N) is 2. The molecule has 2 heterocycles. The largest absolute Gasteiger partial charge is 0.342 e. The molecule has 2 amide bonds. The molecule has 7 heteroatoms. The second-order valence-electron chi connectivity index (χ2n) is 6.11. The van der Waals surface area contributed by atoms with Crippen molar-refractivity contribution >= 4 is 52.5 Å². The van der Waals surface area contributed by atoms with Crippen molar-refractivity contribution in [3.8, 4) is 0 Å². The number of carbonyl (C=O) groups is 2. The minimum atomic E-state index is -0.242. The maximum absolute atomic E-state index is 12.5. The van der Waals surface area contributed by atoms with Gasteiger partial charge in [0.15, 0.2) is 0 Å². The number of carbonyl (C=O) groups excluding carboxylic acids is 2. The molecule has 0 unspecified atom stereocenters. The lowest BCUT2D eigenvalue weighted by Crippen LogP contribution is -2.53. The first-order valence-corrected chi connectivity index (χ1v) is 10.0. The Morgan fingerprint density at radius 3 is 2.50 bits per heavy atom. The standard InChI is InChI=1S/C17H20Cl2N2O2S/c18-9-1-2-15(22)20-10-7-17(8-11-20)21(16(23)12-24-17)14-5-3-13(19)4-6-14/h3-6H,1-2,7-12H2. The number of piperidine rings is 1. The van der Waals surface area contributed by atoms with Gasteiger partial charge < -0.3 is 4.90 Å². The van der Waals surface area contributed by atoms with E-state index in [1.54, 1.807) is 11.8 Å². The second kappa shape index (κ2) is 7.54. The molecule has 2 aliphatic heterocycles. The van der Waals surface area contributed by atoms with E-state index >= 15 is 0 Å². The van der Waals surface area contributed by atoms with Gasteiger partial charge in [0.2, 0.25) is 11.8 Å². The Morgan fingerprint density at radius 1 is 1.21 bits per heavy atom. The van der Waals surface area contributed by atoms with Crippen molar-refractivity contribution in [3.63, 3.8) is 0 Å². The molecule has 0 aromatic heterocycles. The zero-order chi connectivity index (χ0) is 17.2. The molecule has 1 spiro atoms. The lowest BCUT2D eigenvalue weighted by molar-refractivity contribution is -0.132. The highest BCUT2D eigenvalue weighted by molar-refractivity contribution is 8.02. The van der Waals surface area contributed by atoms with Gasteiger partial charge in [-0.3, -0.25) is 14.5 Å². The number of thioether (sulfide) groups is 1. The number of rotatable bonds is 4. The molecule has 0 aliphatic carbocycles. The Hall–Kier alpha value is -0.910. The molecule has 2 saturated heterocycles. The smallest absolute Gasteiger partial charge is 0.238 e. The third-order valence-electron chi connectivity index (χ3n) is 4.63. The summed E-state index contributed by atoms with van der Waals surface area (Å²) in [6, 6.07) is 7.41. The van der Waals surface area contributed by atoms with Crippen LogP contribution in [0.1, 0.15) is 25.7 Å². The Kier molecular flexibility index (Phi) is 5.63. The Labute approximate surface area is 156 Å². The number of hydrogen-bond acceptors (Lipinski definition) is 3. The summed E-state index contributed by atoms with van der Waals surface area (Å²) in [4.78, 5) is 28.2. The molecule has 0 N–H and O–H groups in total. The van der Waals surface area contributed by atoms with Crippen LogP contribution in [0, 0.1) is 0 Å². The molecule has 0 saturated carbocycles. The highest BCUT2D eigenvalue weighted by atomic mass is 35.5. The summed E-state index contributed by atoms with van der Waals surface area (Å²) in [5.74, 6) is 1.29. The van der Waals surface area contributed by atoms with E-state index < -0.39 is 0 Å². The molecule has 0 radical (unpaired) electrons. The number of benzene rings is 1. The molecule has 1 aromatic carbocycles. The fourth-order valence-corrected chi connectivity index (χ4v) is 4.96. The molecule has 2 aliphatic rings. The van der Waals surface area contributed by atoms with Crippen molar-refractivity contribution in [2.24, 2.45) is 0 Å². The molecule has 0 atom stereocenters. The van der Waals surface area contributed by atoms with Gasteiger partial charge in [-0.1, -0.05) is 11.6 Å². The summed E-state index contributed by atoms with van der Waals surface area (Å²) < 4.78 is 0. The number of alkyl halides is 1. The zero-order valence-corrected chi connectivity index (χ0v) is 15.7. The van der Waals surface area contributed by atoms with Gasteiger partial charge in [0.25, 0.3) is 0 Å². The molecule has 1 aromatic rings. The van der Waals surface area contributed by atoms with Gasteiger partial charge in [-0.25, -0.2) is 0 Å². The van der Waals surface area contributed by atoms with E-state index in [-0.39, 0.29) is 16.7 Å². The Morgan fingerprint density at radius 2 is 1.88 bits per heavy atom. The SMILES string of the molecule is O=C(CCCCl)N1CCC2(CC1)SCC(=O)N2c1ccc(Cl)cc1. The van der Waals surface area contributed by atoms with Crippen LogP contribution >= 0.6 is 35.0 Å². The number of likely N-dealkylation sites (tertiary alicyclic amines) is 1. The van der Waals surface area contributed by atoms with E-state index in [4.69, 9.17) is 23.2 Å². The molecular formula is C17H20Cl2N2O2S. The molecule has 4 nitrogen and oxygen atoms in total. The Balaban J connectivity index is 1.72. The van der Waals surface area contributed by atoms with E-state index in [9.17, 15) is 9.59 Å². The molecule has 130 valence electrons. The number of amides is 2. The van der Waals surface area contributed by atoms with Crippen LogP contribution in [0.2, 0.25) is 5.02 Å². The van der Waals surface area contributed by atoms with Crippen molar-refractivity contribution in [2.75, 3.05) is 29.6 Å². The predicted octanol–water partition coefficient (Wildman–Crippen LogP) is 3.76. The van der Waals surface area contributed by atoms with Crippen LogP contribution in [0.25, 0.3) is 0 Å². The average Bonchev–Trinajstić information content (AvgIpc) is 2.90. The highest BCUT2D eigenvalue weighted by Crippen LogP contribution is 2.46. The first-order chi connectivity index (χ1) is 11.6. The van der Waals surface area contributed by atoms with E-state index in [1.807, 2.05) is 34.1 Å². The second-order valence-corrected chi connectivity index (χ2v) is 8.27. The van der Waals surface area contributed by atoms with Gasteiger partial charge in [0, 0.05) is 36.1 Å².